The van der Waals surface area contributed by atoms with Gasteiger partial charge in [-0.25, -0.2) is 9.97 Å². The zero-order valence-electron chi connectivity index (χ0n) is 15.8. The number of aromatic nitrogens is 4. The van der Waals surface area contributed by atoms with Gasteiger partial charge in [0, 0.05) is 18.3 Å². The van der Waals surface area contributed by atoms with Crippen molar-refractivity contribution in [3.63, 3.8) is 0 Å². The standard InChI is InChI=1S/C19H24N6OS/c1-11-14(17-23-15-12(2)20-8-5-13(15)27-17)16(25-19(3)6-4-7-19)24-18(22-11)21-9-10-26/h5,8,26H,4,6-7,9-10H2,1-3H3,(H2,21,22,24,25). The van der Waals surface area contributed by atoms with E-state index in [1.54, 1.807) is 11.3 Å². The first-order chi connectivity index (χ1) is 13.0. The second kappa shape index (κ2) is 7.01. The fourth-order valence-electron chi connectivity index (χ4n) is 3.37. The van der Waals surface area contributed by atoms with Crippen molar-refractivity contribution >= 4 is 33.3 Å². The molecule has 3 aromatic rings. The average Bonchev–Trinajstić information content (AvgIpc) is 3.03. The normalized spacial score (nSPS) is 15.6. The van der Waals surface area contributed by atoms with Crippen LogP contribution >= 0.6 is 11.3 Å². The zero-order chi connectivity index (χ0) is 19.0. The monoisotopic (exact) mass is 384 g/mol. The van der Waals surface area contributed by atoms with Gasteiger partial charge in [-0.1, -0.05) is 0 Å². The number of aryl methyl sites for hydroxylation is 2. The number of thiazole rings is 1. The molecule has 27 heavy (non-hydrogen) atoms. The quantitative estimate of drug-likeness (QED) is 0.598. The number of aliphatic hydroxyl groups is 1. The van der Waals surface area contributed by atoms with Crippen LogP contribution in [0.1, 0.15) is 37.6 Å². The minimum absolute atomic E-state index is 0.0365. The van der Waals surface area contributed by atoms with E-state index in [9.17, 15) is 0 Å². The first-order valence-electron chi connectivity index (χ1n) is 9.23. The van der Waals surface area contributed by atoms with E-state index in [1.807, 2.05) is 26.1 Å². The van der Waals surface area contributed by atoms with Gasteiger partial charge < -0.3 is 15.7 Å². The molecular weight excluding hydrogens is 360 g/mol. The summed E-state index contributed by atoms with van der Waals surface area (Å²) in [4.78, 5) is 18.5. The largest absolute Gasteiger partial charge is 0.395 e. The van der Waals surface area contributed by atoms with E-state index in [0.717, 1.165) is 50.8 Å². The maximum Gasteiger partial charge on any atom is 0.224 e. The van der Waals surface area contributed by atoms with Crippen molar-refractivity contribution in [3.05, 3.63) is 23.7 Å². The Morgan fingerprint density at radius 1 is 1.19 bits per heavy atom. The van der Waals surface area contributed by atoms with Crippen LogP contribution in [0.15, 0.2) is 12.3 Å². The van der Waals surface area contributed by atoms with E-state index in [-0.39, 0.29) is 12.1 Å². The van der Waals surface area contributed by atoms with Gasteiger partial charge in [-0.15, -0.1) is 11.3 Å². The highest BCUT2D eigenvalue weighted by atomic mass is 32.1. The highest BCUT2D eigenvalue weighted by Gasteiger charge is 2.33. The van der Waals surface area contributed by atoms with Gasteiger partial charge in [-0.3, -0.25) is 4.98 Å². The lowest BCUT2D eigenvalue weighted by Gasteiger charge is -2.40. The molecule has 0 unspecified atom stereocenters. The van der Waals surface area contributed by atoms with Crippen LogP contribution in [0.5, 0.6) is 0 Å². The molecule has 3 heterocycles. The average molecular weight is 385 g/mol. The summed E-state index contributed by atoms with van der Waals surface area (Å²) in [6.45, 7) is 6.64. The lowest BCUT2D eigenvalue weighted by Crippen LogP contribution is -2.42. The Morgan fingerprint density at radius 2 is 2.00 bits per heavy atom. The number of aliphatic hydroxyl groups excluding tert-OH is 1. The molecule has 1 aliphatic carbocycles. The predicted octanol–water partition coefficient (Wildman–Crippen LogP) is 3.52. The number of pyridine rings is 1. The highest BCUT2D eigenvalue weighted by molar-refractivity contribution is 7.21. The lowest BCUT2D eigenvalue weighted by molar-refractivity contribution is 0.305. The predicted molar refractivity (Wildman–Crippen MR) is 109 cm³/mol. The SMILES string of the molecule is Cc1nc(NCCO)nc(NC2(C)CCC2)c1-c1nc2c(C)nccc2s1. The molecule has 1 fully saturated rings. The summed E-state index contributed by atoms with van der Waals surface area (Å²) in [5.41, 5.74) is 3.71. The Bertz CT molecular complexity index is 982. The van der Waals surface area contributed by atoms with Crippen molar-refractivity contribution in [1.29, 1.82) is 0 Å². The molecule has 0 bridgehead atoms. The molecule has 0 aromatic carbocycles. The molecule has 0 atom stereocenters. The molecule has 0 amide bonds. The number of hydrogen-bond donors (Lipinski definition) is 3. The molecule has 1 saturated carbocycles. The summed E-state index contributed by atoms with van der Waals surface area (Å²) >= 11 is 1.64. The van der Waals surface area contributed by atoms with Crippen LogP contribution in [-0.4, -0.2) is 43.7 Å². The summed E-state index contributed by atoms with van der Waals surface area (Å²) in [5, 5.41) is 16.7. The van der Waals surface area contributed by atoms with Crippen molar-refractivity contribution in [2.75, 3.05) is 23.8 Å². The van der Waals surface area contributed by atoms with Gasteiger partial charge in [0.25, 0.3) is 0 Å². The summed E-state index contributed by atoms with van der Waals surface area (Å²) in [6, 6.07) is 2.00. The third kappa shape index (κ3) is 3.46. The van der Waals surface area contributed by atoms with Crippen LogP contribution in [-0.2, 0) is 0 Å². The van der Waals surface area contributed by atoms with E-state index < -0.39 is 0 Å². The highest BCUT2D eigenvalue weighted by Crippen LogP contribution is 2.40. The van der Waals surface area contributed by atoms with Gasteiger partial charge in [0.2, 0.25) is 5.95 Å². The molecule has 142 valence electrons. The second-order valence-corrected chi connectivity index (χ2v) is 8.34. The minimum Gasteiger partial charge on any atom is -0.395 e. The van der Waals surface area contributed by atoms with Crippen LogP contribution in [0.3, 0.4) is 0 Å². The Hall–Kier alpha value is -2.32. The Kier molecular flexibility index (Phi) is 4.69. The summed E-state index contributed by atoms with van der Waals surface area (Å²) < 4.78 is 1.11. The number of anilines is 2. The van der Waals surface area contributed by atoms with Gasteiger partial charge >= 0.3 is 0 Å². The second-order valence-electron chi connectivity index (χ2n) is 7.31. The van der Waals surface area contributed by atoms with Crippen molar-refractivity contribution in [2.45, 2.75) is 45.6 Å². The summed E-state index contributed by atoms with van der Waals surface area (Å²) in [5.74, 6) is 1.32. The van der Waals surface area contributed by atoms with Crippen LogP contribution < -0.4 is 10.6 Å². The minimum atomic E-state index is 0.0365. The molecule has 8 heteroatoms. The molecular formula is C19H24N6OS. The van der Waals surface area contributed by atoms with Gasteiger partial charge in [0.1, 0.15) is 16.3 Å². The Balaban J connectivity index is 1.82. The van der Waals surface area contributed by atoms with E-state index in [1.165, 1.54) is 6.42 Å². The molecule has 1 aliphatic rings. The van der Waals surface area contributed by atoms with Crippen LogP contribution in [0.4, 0.5) is 11.8 Å². The van der Waals surface area contributed by atoms with Gasteiger partial charge in [0.05, 0.1) is 28.3 Å². The van der Waals surface area contributed by atoms with Crippen molar-refractivity contribution < 1.29 is 5.11 Å². The van der Waals surface area contributed by atoms with Gasteiger partial charge in [0.15, 0.2) is 0 Å². The Morgan fingerprint density at radius 3 is 2.67 bits per heavy atom. The molecule has 0 radical (unpaired) electrons. The van der Waals surface area contributed by atoms with Crippen LogP contribution in [0, 0.1) is 13.8 Å². The van der Waals surface area contributed by atoms with Crippen LogP contribution in [0.25, 0.3) is 20.8 Å². The first kappa shape index (κ1) is 18.1. The molecule has 0 aliphatic heterocycles. The van der Waals surface area contributed by atoms with E-state index in [2.05, 4.69) is 27.5 Å². The third-order valence-corrected chi connectivity index (χ3v) is 6.10. The maximum absolute atomic E-state index is 9.09. The first-order valence-corrected chi connectivity index (χ1v) is 10.0. The molecule has 0 spiro atoms. The fourth-order valence-corrected chi connectivity index (χ4v) is 4.48. The van der Waals surface area contributed by atoms with Gasteiger partial charge in [-0.05, 0) is 46.1 Å². The maximum atomic E-state index is 9.09. The van der Waals surface area contributed by atoms with E-state index in [4.69, 9.17) is 15.1 Å². The topological polar surface area (TPSA) is 95.9 Å². The Labute approximate surface area is 162 Å². The zero-order valence-corrected chi connectivity index (χ0v) is 16.7. The number of rotatable bonds is 6. The molecule has 3 N–H and O–H groups in total. The van der Waals surface area contributed by atoms with Gasteiger partial charge in [-0.2, -0.15) is 4.98 Å². The van der Waals surface area contributed by atoms with Crippen molar-refractivity contribution in [1.82, 2.24) is 19.9 Å². The number of nitrogens with zero attached hydrogens (tertiary/aromatic N) is 4. The van der Waals surface area contributed by atoms with E-state index in [0.29, 0.717) is 12.5 Å². The van der Waals surface area contributed by atoms with Crippen molar-refractivity contribution in [2.24, 2.45) is 0 Å². The third-order valence-electron chi connectivity index (χ3n) is 5.07. The number of hydrogen-bond acceptors (Lipinski definition) is 8. The van der Waals surface area contributed by atoms with E-state index >= 15 is 0 Å². The molecule has 3 aromatic heterocycles. The lowest BCUT2D eigenvalue weighted by atomic mass is 9.78. The summed E-state index contributed by atoms with van der Waals surface area (Å²) in [6.07, 6.45) is 5.29. The van der Waals surface area contributed by atoms with Crippen molar-refractivity contribution in [3.8, 4) is 10.6 Å². The molecule has 4 rings (SSSR count). The summed E-state index contributed by atoms with van der Waals surface area (Å²) in [7, 11) is 0. The number of nitrogens with one attached hydrogen (secondary N) is 2. The number of fused-ring (bicyclic) bond motifs is 1. The molecule has 7 nitrogen and oxygen atoms in total. The molecule has 0 saturated heterocycles. The smallest absolute Gasteiger partial charge is 0.224 e. The van der Waals surface area contributed by atoms with Crippen LogP contribution in [0.2, 0.25) is 0 Å². The fraction of sp³-hybridized carbons (Fsp3) is 0.474.